The third kappa shape index (κ3) is 2.48. The highest BCUT2D eigenvalue weighted by Gasteiger charge is 2.18. The van der Waals surface area contributed by atoms with Crippen molar-refractivity contribution in [3.05, 3.63) is 59.2 Å². The highest BCUT2D eigenvalue weighted by atomic mass is 16.5. The van der Waals surface area contributed by atoms with Gasteiger partial charge in [0.25, 0.3) is 5.89 Å². The molecule has 2 aromatic carbocycles. The van der Waals surface area contributed by atoms with Gasteiger partial charge < -0.3 is 9.63 Å². The third-order valence-electron chi connectivity index (χ3n) is 3.45. The minimum absolute atomic E-state index is 0.138. The van der Waals surface area contributed by atoms with Crippen molar-refractivity contribution in [3.63, 3.8) is 0 Å². The molecule has 0 fully saturated rings. The Balaban J connectivity index is 2.09. The lowest BCUT2D eigenvalue weighted by Crippen LogP contribution is -1.99. The number of hydrogen-bond donors (Lipinski definition) is 1. The number of rotatable bonds is 3. The molecule has 1 heterocycles. The zero-order valence-corrected chi connectivity index (χ0v) is 12.2. The lowest BCUT2D eigenvalue weighted by atomic mass is 10.1. The van der Waals surface area contributed by atoms with Crippen molar-refractivity contribution in [2.75, 3.05) is 0 Å². The van der Waals surface area contributed by atoms with E-state index in [1.165, 1.54) is 6.07 Å². The van der Waals surface area contributed by atoms with Crippen molar-refractivity contribution in [3.8, 4) is 22.8 Å². The summed E-state index contributed by atoms with van der Waals surface area (Å²) in [5.41, 5.74) is 3.56. The molecule has 0 aliphatic heterocycles. The molecule has 5 heteroatoms. The first-order valence-electron chi connectivity index (χ1n) is 6.80. The van der Waals surface area contributed by atoms with Crippen LogP contribution in [0.3, 0.4) is 0 Å². The quantitative estimate of drug-likeness (QED) is 0.796. The van der Waals surface area contributed by atoms with Crippen LogP contribution in [-0.2, 0) is 0 Å². The molecule has 0 amide bonds. The first-order valence-corrected chi connectivity index (χ1v) is 6.80. The van der Waals surface area contributed by atoms with E-state index < -0.39 is 5.97 Å². The van der Waals surface area contributed by atoms with E-state index in [4.69, 9.17) is 4.52 Å². The van der Waals surface area contributed by atoms with Gasteiger partial charge >= 0.3 is 5.97 Å². The predicted molar refractivity (Wildman–Crippen MR) is 81.6 cm³/mol. The van der Waals surface area contributed by atoms with E-state index >= 15 is 0 Å². The van der Waals surface area contributed by atoms with Gasteiger partial charge in [-0.05, 0) is 37.6 Å². The lowest BCUT2D eigenvalue weighted by Gasteiger charge is -2.02. The topological polar surface area (TPSA) is 76.2 Å². The Hall–Kier alpha value is -2.95. The molecule has 0 unspecified atom stereocenters. The Bertz CT molecular complexity index is 853. The average Bonchev–Trinajstić information content (AvgIpc) is 2.99. The van der Waals surface area contributed by atoms with E-state index in [9.17, 15) is 9.90 Å². The molecular formula is C17H14N2O3. The van der Waals surface area contributed by atoms with E-state index in [0.29, 0.717) is 11.4 Å². The Morgan fingerprint density at radius 3 is 2.64 bits per heavy atom. The van der Waals surface area contributed by atoms with Crippen LogP contribution in [0.15, 0.2) is 47.0 Å². The van der Waals surface area contributed by atoms with Gasteiger partial charge in [-0.15, -0.1) is 0 Å². The van der Waals surface area contributed by atoms with Crippen LogP contribution in [0.2, 0.25) is 0 Å². The number of benzene rings is 2. The zero-order valence-electron chi connectivity index (χ0n) is 12.2. The maximum absolute atomic E-state index is 11.3. The maximum atomic E-state index is 11.3. The summed E-state index contributed by atoms with van der Waals surface area (Å²) in [5, 5.41) is 13.2. The first kappa shape index (κ1) is 14.0. The molecule has 5 nitrogen and oxygen atoms in total. The summed E-state index contributed by atoms with van der Waals surface area (Å²) in [5.74, 6) is -0.368. The van der Waals surface area contributed by atoms with Gasteiger partial charge in [0.1, 0.15) is 0 Å². The maximum Gasteiger partial charge on any atom is 0.336 e. The zero-order chi connectivity index (χ0) is 15.7. The molecule has 0 radical (unpaired) electrons. The van der Waals surface area contributed by atoms with Crippen LogP contribution in [-0.4, -0.2) is 21.2 Å². The summed E-state index contributed by atoms with van der Waals surface area (Å²) in [6.07, 6.45) is 0. The molecule has 0 aliphatic rings. The Morgan fingerprint density at radius 2 is 1.86 bits per heavy atom. The van der Waals surface area contributed by atoms with Crippen molar-refractivity contribution in [1.29, 1.82) is 0 Å². The summed E-state index contributed by atoms with van der Waals surface area (Å²) in [6, 6.07) is 12.6. The van der Waals surface area contributed by atoms with Gasteiger partial charge in [-0.2, -0.15) is 4.98 Å². The van der Waals surface area contributed by atoms with E-state index in [1.807, 2.05) is 32.0 Å². The van der Waals surface area contributed by atoms with E-state index in [1.54, 1.807) is 18.2 Å². The van der Waals surface area contributed by atoms with Crippen LogP contribution < -0.4 is 0 Å². The van der Waals surface area contributed by atoms with Crippen LogP contribution >= 0.6 is 0 Å². The molecule has 0 spiro atoms. The van der Waals surface area contributed by atoms with E-state index in [0.717, 1.165) is 16.7 Å². The predicted octanol–water partition coefficient (Wildman–Crippen LogP) is 3.72. The largest absolute Gasteiger partial charge is 0.478 e. The third-order valence-corrected chi connectivity index (χ3v) is 3.45. The summed E-state index contributed by atoms with van der Waals surface area (Å²) >= 11 is 0. The lowest BCUT2D eigenvalue weighted by molar-refractivity contribution is 0.0697. The van der Waals surface area contributed by atoms with E-state index in [-0.39, 0.29) is 11.5 Å². The number of hydrogen-bond acceptors (Lipinski definition) is 4. The second-order valence-corrected chi connectivity index (χ2v) is 5.09. The molecule has 22 heavy (non-hydrogen) atoms. The fourth-order valence-electron chi connectivity index (χ4n) is 2.28. The molecule has 0 atom stereocenters. The van der Waals surface area contributed by atoms with Crippen molar-refractivity contribution >= 4 is 5.97 Å². The monoisotopic (exact) mass is 294 g/mol. The molecule has 0 aliphatic carbocycles. The molecule has 1 N–H and O–H groups in total. The van der Waals surface area contributed by atoms with Crippen LogP contribution in [0.4, 0.5) is 0 Å². The molecule has 3 rings (SSSR count). The molecule has 3 aromatic rings. The normalized spacial score (nSPS) is 10.6. The fraction of sp³-hybridized carbons (Fsp3) is 0.118. The van der Waals surface area contributed by atoms with Gasteiger partial charge in [-0.3, -0.25) is 0 Å². The van der Waals surface area contributed by atoms with Crippen LogP contribution in [0.1, 0.15) is 21.5 Å². The summed E-state index contributed by atoms with van der Waals surface area (Å²) in [7, 11) is 0. The fourth-order valence-corrected chi connectivity index (χ4v) is 2.28. The number of nitrogens with zero attached hydrogens (tertiary/aromatic N) is 2. The van der Waals surface area contributed by atoms with E-state index in [2.05, 4.69) is 10.1 Å². The van der Waals surface area contributed by atoms with Crippen molar-refractivity contribution in [1.82, 2.24) is 10.1 Å². The van der Waals surface area contributed by atoms with Gasteiger partial charge in [0.05, 0.1) is 11.1 Å². The number of carboxylic acid groups (broad SMARTS) is 1. The highest BCUT2D eigenvalue weighted by Crippen LogP contribution is 2.27. The standard InChI is InChI=1S/C17H14N2O3/c1-10-7-8-11(2)14(9-10)15-18-16(22-19-15)12-5-3-4-6-13(12)17(20)21/h3-9H,1-2H3,(H,20,21). The number of carbonyl (C=O) groups is 1. The Labute approximate surface area is 127 Å². The average molecular weight is 294 g/mol. The molecule has 110 valence electrons. The van der Waals surface area contributed by atoms with Crippen molar-refractivity contribution < 1.29 is 14.4 Å². The van der Waals surface area contributed by atoms with Crippen molar-refractivity contribution in [2.45, 2.75) is 13.8 Å². The molecular weight excluding hydrogens is 280 g/mol. The summed E-state index contributed by atoms with van der Waals surface area (Å²) in [4.78, 5) is 15.6. The van der Waals surface area contributed by atoms with Gasteiger partial charge in [0.15, 0.2) is 0 Å². The number of aryl methyl sites for hydroxylation is 2. The minimum Gasteiger partial charge on any atom is -0.478 e. The van der Waals surface area contributed by atoms with Gasteiger partial charge in [0, 0.05) is 5.56 Å². The number of carboxylic acids is 1. The molecule has 0 saturated heterocycles. The summed E-state index contributed by atoms with van der Waals surface area (Å²) in [6.45, 7) is 3.96. The molecule has 0 bridgehead atoms. The summed E-state index contributed by atoms with van der Waals surface area (Å²) < 4.78 is 5.27. The van der Waals surface area contributed by atoms with Crippen molar-refractivity contribution in [2.24, 2.45) is 0 Å². The molecule has 1 aromatic heterocycles. The SMILES string of the molecule is Cc1ccc(C)c(-c2noc(-c3ccccc3C(=O)O)n2)c1. The highest BCUT2D eigenvalue weighted by molar-refractivity contribution is 5.94. The number of aromatic carboxylic acids is 1. The van der Waals surface area contributed by atoms with Crippen LogP contribution in [0.25, 0.3) is 22.8 Å². The van der Waals surface area contributed by atoms with Gasteiger partial charge in [0.2, 0.25) is 5.82 Å². The first-order chi connectivity index (χ1) is 10.6. The second kappa shape index (κ2) is 5.44. The smallest absolute Gasteiger partial charge is 0.336 e. The Morgan fingerprint density at radius 1 is 1.09 bits per heavy atom. The second-order valence-electron chi connectivity index (χ2n) is 5.09. The Kier molecular flexibility index (Phi) is 3.47. The van der Waals surface area contributed by atoms with Gasteiger partial charge in [-0.1, -0.05) is 35.0 Å². The van der Waals surface area contributed by atoms with Gasteiger partial charge in [-0.25, -0.2) is 4.79 Å². The molecule has 0 saturated carbocycles. The van der Waals surface area contributed by atoms with Crippen LogP contribution in [0.5, 0.6) is 0 Å². The number of aromatic nitrogens is 2. The minimum atomic E-state index is -1.03. The van der Waals surface area contributed by atoms with Crippen LogP contribution in [0, 0.1) is 13.8 Å².